The van der Waals surface area contributed by atoms with Crippen LogP contribution in [-0.4, -0.2) is 21.9 Å². The number of fused-ring (bicyclic) bond motifs is 1. The summed E-state index contributed by atoms with van der Waals surface area (Å²) in [6.07, 6.45) is 0. The van der Waals surface area contributed by atoms with E-state index in [4.69, 9.17) is 0 Å². The van der Waals surface area contributed by atoms with Crippen molar-refractivity contribution in [1.82, 2.24) is 9.29 Å². The molecule has 0 atom stereocenters. The van der Waals surface area contributed by atoms with Gasteiger partial charge in [-0.2, -0.15) is 0 Å². The maximum Gasteiger partial charge on any atom is 0.0456 e. The number of aromatic amines is 1. The zero-order valence-corrected chi connectivity index (χ0v) is 15.3. The molecule has 0 radical (unpaired) electrons. The van der Waals surface area contributed by atoms with Crippen LogP contribution in [0.25, 0.3) is 22.0 Å². The smallest absolute Gasteiger partial charge is 0.0456 e. The molecule has 0 amide bonds. The van der Waals surface area contributed by atoms with Gasteiger partial charge in [-0.05, 0) is 88.1 Å². The molecule has 3 rings (SSSR count). The van der Waals surface area contributed by atoms with Crippen molar-refractivity contribution in [2.24, 2.45) is 0 Å². The molecule has 0 aliphatic heterocycles. The Balaban J connectivity index is 1.91. The molecule has 3 heteroatoms. The van der Waals surface area contributed by atoms with E-state index in [2.05, 4.69) is 92.6 Å². The lowest BCUT2D eigenvalue weighted by Crippen LogP contribution is -2.32. The lowest BCUT2D eigenvalue weighted by Gasteiger charge is -2.30. The lowest BCUT2D eigenvalue weighted by atomic mass is 10.0. The van der Waals surface area contributed by atoms with Gasteiger partial charge < -0.3 is 4.98 Å². The van der Waals surface area contributed by atoms with Crippen molar-refractivity contribution in [3.8, 4) is 11.1 Å². The second-order valence-electron chi connectivity index (χ2n) is 7.04. The van der Waals surface area contributed by atoms with Crippen molar-refractivity contribution in [2.75, 3.05) is 7.05 Å². The normalized spacial score (nSPS) is 12.3. The van der Waals surface area contributed by atoms with Crippen molar-refractivity contribution in [2.45, 2.75) is 38.1 Å². The summed E-state index contributed by atoms with van der Waals surface area (Å²) in [7, 11) is 2.14. The topological polar surface area (TPSA) is 19.0 Å². The van der Waals surface area contributed by atoms with Crippen LogP contribution in [0.5, 0.6) is 0 Å². The summed E-state index contributed by atoms with van der Waals surface area (Å²) >= 11 is 1.79. The maximum atomic E-state index is 3.38. The average Bonchev–Trinajstić information content (AvgIpc) is 2.85. The van der Waals surface area contributed by atoms with E-state index in [-0.39, 0.29) is 5.54 Å². The fraction of sp³-hybridized carbons (Fsp3) is 0.300. The van der Waals surface area contributed by atoms with E-state index in [9.17, 15) is 0 Å². The fourth-order valence-electron chi connectivity index (χ4n) is 2.48. The highest BCUT2D eigenvalue weighted by Crippen LogP contribution is 2.32. The molecule has 2 nitrogen and oxygen atoms in total. The van der Waals surface area contributed by atoms with Crippen molar-refractivity contribution in [3.05, 3.63) is 54.2 Å². The van der Waals surface area contributed by atoms with Gasteiger partial charge in [0.2, 0.25) is 0 Å². The van der Waals surface area contributed by atoms with Gasteiger partial charge >= 0.3 is 0 Å². The molecule has 0 aliphatic carbocycles. The number of nitrogens with zero attached hydrogens (tertiary/aromatic N) is 1. The molecule has 1 aromatic heterocycles. The molecule has 0 spiro atoms. The largest absolute Gasteiger partial charge is 0.359 e. The second-order valence-corrected chi connectivity index (χ2v) is 8.24. The van der Waals surface area contributed by atoms with Crippen molar-refractivity contribution < 1.29 is 0 Å². The Hall–Kier alpha value is -1.71. The number of H-pyrrole nitrogens is 1. The van der Waals surface area contributed by atoms with Crippen LogP contribution in [0, 0.1) is 6.92 Å². The van der Waals surface area contributed by atoms with E-state index in [1.54, 1.807) is 11.9 Å². The van der Waals surface area contributed by atoms with Gasteiger partial charge in [0.05, 0.1) is 0 Å². The molecule has 0 unspecified atom stereocenters. The number of aromatic nitrogens is 1. The summed E-state index contributed by atoms with van der Waals surface area (Å²) < 4.78 is 2.30. The van der Waals surface area contributed by atoms with Crippen molar-refractivity contribution in [3.63, 3.8) is 0 Å². The van der Waals surface area contributed by atoms with Crippen LogP contribution in [0.2, 0.25) is 0 Å². The van der Waals surface area contributed by atoms with E-state index in [0.29, 0.717) is 0 Å². The average molecular weight is 324 g/mol. The maximum absolute atomic E-state index is 3.38. The van der Waals surface area contributed by atoms with E-state index in [1.807, 2.05) is 0 Å². The van der Waals surface area contributed by atoms with Gasteiger partial charge in [-0.15, -0.1) is 0 Å². The van der Waals surface area contributed by atoms with Gasteiger partial charge in [0.25, 0.3) is 0 Å². The SMILES string of the molecule is Cc1cc2cc(-c3cccc(SN(C)C(C)(C)C)c3)ccc2[nH]1. The number of benzene rings is 2. The van der Waals surface area contributed by atoms with Gasteiger partial charge in [-0.3, -0.25) is 0 Å². The van der Waals surface area contributed by atoms with Crippen LogP contribution in [0.3, 0.4) is 0 Å². The zero-order valence-electron chi connectivity index (χ0n) is 14.5. The van der Waals surface area contributed by atoms with Gasteiger partial charge in [0, 0.05) is 27.0 Å². The predicted molar refractivity (Wildman–Crippen MR) is 102 cm³/mol. The summed E-state index contributed by atoms with van der Waals surface area (Å²) in [4.78, 5) is 4.65. The molecule has 2 aromatic carbocycles. The van der Waals surface area contributed by atoms with Crippen LogP contribution < -0.4 is 0 Å². The molecular formula is C20H24N2S. The van der Waals surface area contributed by atoms with E-state index < -0.39 is 0 Å². The molecule has 0 aliphatic rings. The Morgan fingerprint density at radius 1 is 0.957 bits per heavy atom. The summed E-state index contributed by atoms with van der Waals surface area (Å²) in [5, 5.41) is 1.27. The summed E-state index contributed by atoms with van der Waals surface area (Å²) in [5.74, 6) is 0. The first-order valence-electron chi connectivity index (χ1n) is 7.94. The van der Waals surface area contributed by atoms with E-state index in [0.717, 1.165) is 0 Å². The minimum absolute atomic E-state index is 0.141. The van der Waals surface area contributed by atoms with Crippen molar-refractivity contribution >= 4 is 22.9 Å². The standard InChI is InChI=1S/C20H24N2S/c1-14-11-17-12-16(9-10-19(17)21-14)15-7-6-8-18(13-15)23-22(5)20(2,3)4/h6-13,21H,1-5H3. The highest BCUT2D eigenvalue weighted by molar-refractivity contribution is 7.97. The first-order valence-corrected chi connectivity index (χ1v) is 8.72. The van der Waals surface area contributed by atoms with Gasteiger partial charge in [-0.1, -0.05) is 18.2 Å². The Labute approximate surface area is 143 Å². The third kappa shape index (κ3) is 3.62. The molecule has 1 heterocycles. The van der Waals surface area contributed by atoms with E-state index in [1.165, 1.54) is 32.6 Å². The summed E-state index contributed by atoms with van der Waals surface area (Å²) in [5.41, 5.74) is 5.07. The summed E-state index contributed by atoms with van der Waals surface area (Å²) in [6.45, 7) is 8.78. The molecule has 0 fully saturated rings. The van der Waals surface area contributed by atoms with Crippen LogP contribution >= 0.6 is 11.9 Å². The molecule has 120 valence electrons. The highest BCUT2D eigenvalue weighted by Gasteiger charge is 2.18. The minimum Gasteiger partial charge on any atom is -0.359 e. The van der Waals surface area contributed by atoms with Gasteiger partial charge in [-0.25, -0.2) is 4.31 Å². The Morgan fingerprint density at radius 2 is 1.70 bits per heavy atom. The quantitative estimate of drug-likeness (QED) is 0.607. The first kappa shape index (κ1) is 16.2. The van der Waals surface area contributed by atoms with Crippen LogP contribution in [0.15, 0.2) is 53.4 Å². The number of nitrogens with one attached hydrogen (secondary N) is 1. The molecule has 0 saturated heterocycles. The van der Waals surface area contributed by atoms with Gasteiger partial charge in [0.1, 0.15) is 0 Å². The molecule has 1 N–H and O–H groups in total. The Kier molecular flexibility index (Phi) is 4.26. The number of rotatable bonds is 3. The van der Waals surface area contributed by atoms with Crippen LogP contribution in [-0.2, 0) is 0 Å². The van der Waals surface area contributed by atoms with E-state index >= 15 is 0 Å². The molecular weight excluding hydrogens is 300 g/mol. The minimum atomic E-state index is 0.141. The Morgan fingerprint density at radius 3 is 2.43 bits per heavy atom. The van der Waals surface area contributed by atoms with Crippen LogP contribution in [0.4, 0.5) is 0 Å². The zero-order chi connectivity index (χ0) is 16.6. The third-order valence-electron chi connectivity index (χ3n) is 4.11. The van der Waals surface area contributed by atoms with Gasteiger partial charge in [0.15, 0.2) is 0 Å². The fourth-order valence-corrected chi connectivity index (χ4v) is 3.39. The lowest BCUT2D eigenvalue weighted by molar-refractivity contribution is 0.319. The molecule has 23 heavy (non-hydrogen) atoms. The second kappa shape index (κ2) is 6.06. The first-order chi connectivity index (χ1) is 10.8. The summed E-state index contributed by atoms with van der Waals surface area (Å²) in [6, 6.07) is 17.6. The van der Waals surface area contributed by atoms with Crippen molar-refractivity contribution in [1.29, 1.82) is 0 Å². The Bertz CT molecular complexity index is 827. The molecule has 0 saturated carbocycles. The highest BCUT2D eigenvalue weighted by atomic mass is 32.2. The number of hydrogen-bond donors (Lipinski definition) is 1. The predicted octanol–water partition coefficient (Wildman–Crippen LogP) is 5.88. The van der Waals surface area contributed by atoms with Crippen LogP contribution in [0.1, 0.15) is 26.5 Å². The molecule has 0 bridgehead atoms. The number of hydrogen-bond acceptors (Lipinski definition) is 2. The third-order valence-corrected chi connectivity index (χ3v) is 5.40. The molecule has 3 aromatic rings. The monoisotopic (exact) mass is 324 g/mol. The number of aryl methyl sites for hydroxylation is 1.